The van der Waals surface area contributed by atoms with E-state index in [2.05, 4.69) is 34.7 Å². The van der Waals surface area contributed by atoms with Crippen molar-refractivity contribution in [2.75, 3.05) is 24.6 Å². The highest BCUT2D eigenvalue weighted by atomic mass is 32.1. The highest BCUT2D eigenvalue weighted by molar-refractivity contribution is 7.15. The summed E-state index contributed by atoms with van der Waals surface area (Å²) in [5.74, 6) is 1.10. The molecule has 2 aromatic rings. The van der Waals surface area contributed by atoms with E-state index in [0.29, 0.717) is 6.10 Å². The number of nitrogens with two attached hydrogens (primary N) is 1. The van der Waals surface area contributed by atoms with Gasteiger partial charge in [0.05, 0.1) is 11.8 Å². The van der Waals surface area contributed by atoms with Gasteiger partial charge in [0.15, 0.2) is 10.8 Å². The maximum atomic E-state index is 6.04. The molecular formula is C15H24N4OS. The first-order valence-corrected chi connectivity index (χ1v) is 8.63. The molecule has 0 saturated carbocycles. The van der Waals surface area contributed by atoms with Gasteiger partial charge >= 0.3 is 0 Å². The number of thiazole rings is 1. The van der Waals surface area contributed by atoms with Crippen LogP contribution in [0.5, 0.6) is 0 Å². The number of imidazole rings is 1. The lowest BCUT2D eigenvalue weighted by atomic mass is 10.1. The highest BCUT2D eigenvalue weighted by Crippen LogP contribution is 2.28. The lowest BCUT2D eigenvalue weighted by Gasteiger charge is -2.33. The van der Waals surface area contributed by atoms with Crippen LogP contribution >= 0.6 is 11.3 Å². The van der Waals surface area contributed by atoms with Gasteiger partial charge in [-0.25, -0.2) is 4.98 Å². The molecular weight excluding hydrogens is 284 g/mol. The van der Waals surface area contributed by atoms with E-state index in [4.69, 9.17) is 15.5 Å². The lowest BCUT2D eigenvalue weighted by Crippen LogP contribution is -2.40. The van der Waals surface area contributed by atoms with Gasteiger partial charge in [-0.3, -0.25) is 4.40 Å². The summed E-state index contributed by atoms with van der Waals surface area (Å²) in [7, 11) is 0. The van der Waals surface area contributed by atoms with Gasteiger partial charge in [-0.15, -0.1) is 11.3 Å². The third-order valence-electron chi connectivity index (χ3n) is 3.94. The molecule has 3 rings (SSSR count). The van der Waals surface area contributed by atoms with Crippen LogP contribution in [0, 0.1) is 0 Å². The van der Waals surface area contributed by atoms with Crippen LogP contribution in [-0.2, 0) is 11.2 Å². The molecule has 0 amide bonds. The second-order valence-corrected chi connectivity index (χ2v) is 6.66. The molecule has 21 heavy (non-hydrogen) atoms. The zero-order chi connectivity index (χ0) is 14.8. The molecule has 3 heterocycles. The quantitative estimate of drug-likeness (QED) is 0.921. The van der Waals surface area contributed by atoms with Crippen molar-refractivity contribution in [2.45, 2.75) is 45.3 Å². The van der Waals surface area contributed by atoms with Crippen LogP contribution in [0.3, 0.4) is 0 Å². The van der Waals surface area contributed by atoms with E-state index in [0.717, 1.165) is 49.7 Å². The van der Waals surface area contributed by atoms with E-state index in [9.17, 15) is 0 Å². The molecule has 0 aromatic carbocycles. The molecule has 2 unspecified atom stereocenters. The van der Waals surface area contributed by atoms with Crippen LogP contribution in [0.15, 0.2) is 11.6 Å². The smallest absolute Gasteiger partial charge is 0.195 e. The number of aromatic nitrogens is 2. The Labute approximate surface area is 129 Å². The van der Waals surface area contributed by atoms with E-state index >= 15 is 0 Å². The molecule has 1 aliphatic rings. The predicted octanol–water partition coefficient (Wildman–Crippen LogP) is 2.29. The van der Waals surface area contributed by atoms with Crippen molar-refractivity contribution in [2.24, 2.45) is 5.73 Å². The Balaban J connectivity index is 1.89. The summed E-state index contributed by atoms with van der Waals surface area (Å²) < 4.78 is 8.00. The van der Waals surface area contributed by atoms with Crippen molar-refractivity contribution < 1.29 is 4.74 Å². The minimum Gasteiger partial charge on any atom is -0.377 e. The van der Waals surface area contributed by atoms with Gasteiger partial charge in [-0.2, -0.15) is 0 Å². The second kappa shape index (κ2) is 6.34. The highest BCUT2D eigenvalue weighted by Gasteiger charge is 2.25. The lowest BCUT2D eigenvalue weighted by molar-refractivity contribution is 0.0525. The summed E-state index contributed by atoms with van der Waals surface area (Å²) >= 11 is 1.68. The van der Waals surface area contributed by atoms with Crippen LogP contribution in [0.25, 0.3) is 4.96 Å². The van der Waals surface area contributed by atoms with E-state index < -0.39 is 0 Å². The number of hydrogen-bond acceptors (Lipinski definition) is 5. The number of anilines is 1. The fourth-order valence-corrected chi connectivity index (χ4v) is 3.80. The topological polar surface area (TPSA) is 55.8 Å². The first kappa shape index (κ1) is 14.8. The van der Waals surface area contributed by atoms with Gasteiger partial charge in [0.2, 0.25) is 0 Å². The molecule has 0 aliphatic carbocycles. The van der Waals surface area contributed by atoms with Crippen LogP contribution < -0.4 is 10.6 Å². The predicted molar refractivity (Wildman–Crippen MR) is 87.3 cm³/mol. The molecule has 1 saturated heterocycles. The monoisotopic (exact) mass is 308 g/mol. The minimum absolute atomic E-state index is 0.135. The third kappa shape index (κ3) is 3.07. The average Bonchev–Trinajstić information content (AvgIpc) is 3.02. The molecule has 6 heteroatoms. The summed E-state index contributed by atoms with van der Waals surface area (Å²) in [6.07, 6.45) is 5.58. The summed E-state index contributed by atoms with van der Waals surface area (Å²) in [6, 6.07) is 0.135. The normalized spacial score (nSPS) is 21.1. The fraction of sp³-hybridized carbons (Fsp3) is 0.667. The molecule has 0 bridgehead atoms. The minimum atomic E-state index is 0.135. The SMILES string of the molecule is CCOC1CCCN(c2nc3sccn3c2CC(C)N)C1. The van der Waals surface area contributed by atoms with E-state index in [1.54, 1.807) is 11.3 Å². The molecule has 2 N–H and O–H groups in total. The Kier molecular flexibility index (Phi) is 4.47. The maximum absolute atomic E-state index is 6.04. The summed E-state index contributed by atoms with van der Waals surface area (Å²) in [5, 5.41) is 2.08. The number of hydrogen-bond donors (Lipinski definition) is 1. The van der Waals surface area contributed by atoms with Gasteiger partial charge in [-0.1, -0.05) is 0 Å². The molecule has 2 aromatic heterocycles. The average molecular weight is 308 g/mol. The fourth-order valence-electron chi connectivity index (χ4n) is 3.07. The van der Waals surface area contributed by atoms with Gasteiger partial charge in [0, 0.05) is 43.7 Å². The molecule has 1 aliphatic heterocycles. The van der Waals surface area contributed by atoms with Gasteiger partial charge in [0.1, 0.15) is 0 Å². The number of piperidine rings is 1. The van der Waals surface area contributed by atoms with Crippen molar-refractivity contribution in [1.82, 2.24) is 9.38 Å². The second-order valence-electron chi connectivity index (χ2n) is 5.78. The maximum Gasteiger partial charge on any atom is 0.195 e. The number of fused-ring (bicyclic) bond motifs is 1. The summed E-state index contributed by atoms with van der Waals surface area (Å²) in [6.45, 7) is 6.89. The zero-order valence-corrected chi connectivity index (χ0v) is 13.6. The van der Waals surface area contributed by atoms with Crippen molar-refractivity contribution >= 4 is 22.1 Å². The van der Waals surface area contributed by atoms with Crippen LogP contribution in [0.2, 0.25) is 0 Å². The summed E-state index contributed by atoms with van der Waals surface area (Å²) in [5.41, 5.74) is 7.27. The number of nitrogens with zero attached hydrogens (tertiary/aromatic N) is 3. The Morgan fingerprint density at radius 2 is 2.43 bits per heavy atom. The number of ether oxygens (including phenoxy) is 1. The first-order valence-electron chi connectivity index (χ1n) is 7.75. The Hall–Kier alpha value is -1.11. The van der Waals surface area contributed by atoms with Gasteiger partial charge < -0.3 is 15.4 Å². The molecule has 0 spiro atoms. The molecule has 0 radical (unpaired) electrons. The van der Waals surface area contributed by atoms with E-state index in [1.807, 2.05) is 0 Å². The first-order chi connectivity index (χ1) is 10.2. The van der Waals surface area contributed by atoms with Crippen molar-refractivity contribution in [3.8, 4) is 0 Å². The van der Waals surface area contributed by atoms with E-state index in [-0.39, 0.29) is 6.04 Å². The number of rotatable bonds is 5. The van der Waals surface area contributed by atoms with Crippen LogP contribution in [0.4, 0.5) is 5.82 Å². The van der Waals surface area contributed by atoms with Crippen molar-refractivity contribution in [1.29, 1.82) is 0 Å². The molecule has 2 atom stereocenters. The van der Waals surface area contributed by atoms with Crippen molar-refractivity contribution in [3.63, 3.8) is 0 Å². The van der Waals surface area contributed by atoms with Gasteiger partial charge in [-0.05, 0) is 26.7 Å². The van der Waals surface area contributed by atoms with Crippen LogP contribution in [-0.4, -0.2) is 41.2 Å². The largest absolute Gasteiger partial charge is 0.377 e. The van der Waals surface area contributed by atoms with Crippen LogP contribution in [0.1, 0.15) is 32.4 Å². The van der Waals surface area contributed by atoms with Crippen molar-refractivity contribution in [3.05, 3.63) is 17.3 Å². The third-order valence-corrected chi connectivity index (χ3v) is 4.69. The Bertz CT molecular complexity index is 590. The molecule has 116 valence electrons. The standard InChI is InChI=1S/C15H24N4OS/c1-3-20-12-5-4-6-18(10-12)14-13(9-11(2)16)19-7-8-21-15(19)17-14/h7-8,11-12H,3-6,9-10,16H2,1-2H3. The molecule has 1 fully saturated rings. The van der Waals surface area contributed by atoms with E-state index in [1.165, 1.54) is 5.69 Å². The summed E-state index contributed by atoms with van der Waals surface area (Å²) in [4.78, 5) is 8.27. The van der Waals surface area contributed by atoms with Gasteiger partial charge in [0.25, 0.3) is 0 Å². The zero-order valence-electron chi connectivity index (χ0n) is 12.8. The Morgan fingerprint density at radius 1 is 1.57 bits per heavy atom. The Morgan fingerprint density at radius 3 is 3.19 bits per heavy atom. The molecule has 5 nitrogen and oxygen atoms in total.